The Morgan fingerprint density at radius 3 is 2.94 bits per heavy atom. The molecule has 0 aromatic heterocycles. The molecule has 1 rings (SSSR count). The number of nitrogen functional groups attached to an aromatic ring is 1. The number of halogens is 1. The first kappa shape index (κ1) is 14.2. The molecule has 0 fully saturated rings. The van der Waals surface area contributed by atoms with E-state index in [9.17, 15) is 4.79 Å². The Kier molecular flexibility index (Phi) is 6.22. The summed E-state index contributed by atoms with van der Waals surface area (Å²) in [5, 5.41) is 0.595. The third kappa shape index (κ3) is 5.33. The second-order valence-corrected chi connectivity index (χ2v) is 5.00. The van der Waals surface area contributed by atoms with Crippen LogP contribution in [-0.2, 0) is 9.53 Å². The standard InChI is InChI=1S/C12H16ClNO2S/c1-2-3-6-16-12(15)8-17-11-5-4-9(13)7-10(11)14/h4-5,7H,2-3,6,8,14H2,1H3. The molecular formula is C12H16ClNO2S. The van der Waals surface area contributed by atoms with Gasteiger partial charge in [-0.15, -0.1) is 11.8 Å². The van der Waals surface area contributed by atoms with Crippen molar-refractivity contribution < 1.29 is 9.53 Å². The van der Waals surface area contributed by atoms with Gasteiger partial charge in [0.1, 0.15) is 0 Å². The van der Waals surface area contributed by atoms with Crippen molar-refractivity contribution in [1.29, 1.82) is 0 Å². The topological polar surface area (TPSA) is 52.3 Å². The molecule has 0 amide bonds. The van der Waals surface area contributed by atoms with Crippen molar-refractivity contribution in [3.63, 3.8) is 0 Å². The number of esters is 1. The lowest BCUT2D eigenvalue weighted by Gasteiger charge is -2.06. The van der Waals surface area contributed by atoms with Crippen LogP contribution >= 0.6 is 23.4 Å². The lowest BCUT2D eigenvalue weighted by molar-refractivity contribution is -0.140. The van der Waals surface area contributed by atoms with Gasteiger partial charge < -0.3 is 10.5 Å². The quantitative estimate of drug-likeness (QED) is 0.374. The maximum absolute atomic E-state index is 11.4. The van der Waals surface area contributed by atoms with E-state index < -0.39 is 0 Å². The maximum atomic E-state index is 11.4. The van der Waals surface area contributed by atoms with E-state index in [-0.39, 0.29) is 11.7 Å². The predicted molar refractivity (Wildman–Crippen MR) is 72.5 cm³/mol. The fourth-order valence-electron chi connectivity index (χ4n) is 1.16. The van der Waals surface area contributed by atoms with Crippen LogP contribution in [-0.4, -0.2) is 18.3 Å². The average molecular weight is 274 g/mol. The summed E-state index contributed by atoms with van der Waals surface area (Å²) in [6, 6.07) is 5.23. The van der Waals surface area contributed by atoms with Crippen LogP contribution in [0.1, 0.15) is 19.8 Å². The summed E-state index contributed by atoms with van der Waals surface area (Å²) in [6.45, 7) is 2.54. The molecule has 1 aromatic carbocycles. The minimum absolute atomic E-state index is 0.210. The Morgan fingerprint density at radius 2 is 2.29 bits per heavy atom. The maximum Gasteiger partial charge on any atom is 0.316 e. The summed E-state index contributed by atoms with van der Waals surface area (Å²) in [4.78, 5) is 12.2. The Hall–Kier alpha value is -0.870. The Labute approximate surface area is 111 Å². The van der Waals surface area contributed by atoms with Crippen molar-refractivity contribution in [3.8, 4) is 0 Å². The predicted octanol–water partition coefficient (Wildman–Crippen LogP) is 3.36. The summed E-state index contributed by atoms with van der Waals surface area (Å²) < 4.78 is 5.04. The number of benzene rings is 1. The SMILES string of the molecule is CCCCOC(=O)CSc1ccc(Cl)cc1N. The number of thioether (sulfide) groups is 1. The number of ether oxygens (including phenoxy) is 1. The fraction of sp³-hybridized carbons (Fsp3) is 0.417. The first-order chi connectivity index (χ1) is 8.13. The normalized spacial score (nSPS) is 10.2. The Balaban J connectivity index is 2.37. The number of carbonyl (C=O) groups excluding carboxylic acids is 1. The molecule has 0 saturated carbocycles. The van der Waals surface area contributed by atoms with Crippen LogP contribution in [0, 0.1) is 0 Å². The van der Waals surface area contributed by atoms with Crippen LogP contribution in [0.3, 0.4) is 0 Å². The molecule has 0 atom stereocenters. The van der Waals surface area contributed by atoms with Crippen LogP contribution < -0.4 is 5.73 Å². The van der Waals surface area contributed by atoms with E-state index >= 15 is 0 Å². The number of hydrogen-bond acceptors (Lipinski definition) is 4. The zero-order chi connectivity index (χ0) is 12.7. The molecule has 0 saturated heterocycles. The van der Waals surface area contributed by atoms with Crippen LogP contribution in [0.2, 0.25) is 5.02 Å². The number of rotatable bonds is 6. The third-order valence-electron chi connectivity index (χ3n) is 2.08. The third-order valence-corrected chi connectivity index (χ3v) is 3.38. The average Bonchev–Trinajstić information content (AvgIpc) is 2.28. The van der Waals surface area contributed by atoms with Gasteiger partial charge >= 0.3 is 5.97 Å². The van der Waals surface area contributed by atoms with Crippen LogP contribution in [0.15, 0.2) is 23.1 Å². The van der Waals surface area contributed by atoms with Gasteiger partial charge in [0, 0.05) is 15.6 Å². The summed E-state index contributed by atoms with van der Waals surface area (Å²) in [5.41, 5.74) is 6.36. The molecule has 3 nitrogen and oxygen atoms in total. The largest absolute Gasteiger partial charge is 0.465 e. The van der Waals surface area contributed by atoms with E-state index in [1.165, 1.54) is 11.8 Å². The van der Waals surface area contributed by atoms with Gasteiger partial charge in [-0.3, -0.25) is 4.79 Å². The summed E-state index contributed by atoms with van der Waals surface area (Å²) in [5.74, 6) is 0.0630. The highest BCUT2D eigenvalue weighted by molar-refractivity contribution is 8.00. The Bertz CT molecular complexity index is 385. The first-order valence-electron chi connectivity index (χ1n) is 5.47. The Morgan fingerprint density at radius 1 is 1.53 bits per heavy atom. The van der Waals surface area contributed by atoms with Crippen LogP contribution in [0.4, 0.5) is 5.69 Å². The van der Waals surface area contributed by atoms with E-state index in [2.05, 4.69) is 6.92 Å². The van der Waals surface area contributed by atoms with Crippen molar-refractivity contribution in [2.24, 2.45) is 0 Å². The molecule has 0 radical (unpaired) electrons. The summed E-state index contributed by atoms with van der Waals surface area (Å²) in [7, 11) is 0. The zero-order valence-electron chi connectivity index (χ0n) is 9.74. The van der Waals surface area contributed by atoms with E-state index in [1.54, 1.807) is 12.1 Å². The van der Waals surface area contributed by atoms with Crippen molar-refractivity contribution in [2.45, 2.75) is 24.7 Å². The lowest BCUT2D eigenvalue weighted by atomic mass is 10.3. The van der Waals surface area contributed by atoms with Gasteiger partial charge in [0.2, 0.25) is 0 Å². The number of unbranched alkanes of at least 4 members (excludes halogenated alkanes) is 1. The van der Waals surface area contributed by atoms with Gasteiger partial charge in [0.15, 0.2) is 0 Å². The van der Waals surface area contributed by atoms with Crippen molar-refractivity contribution in [3.05, 3.63) is 23.2 Å². The molecule has 0 spiro atoms. The smallest absolute Gasteiger partial charge is 0.316 e. The molecule has 2 N–H and O–H groups in total. The molecule has 94 valence electrons. The van der Waals surface area contributed by atoms with E-state index in [0.29, 0.717) is 17.3 Å². The molecule has 1 aromatic rings. The van der Waals surface area contributed by atoms with Crippen molar-refractivity contribution in [2.75, 3.05) is 18.1 Å². The van der Waals surface area contributed by atoms with E-state index in [1.807, 2.05) is 6.07 Å². The summed E-state index contributed by atoms with van der Waals surface area (Å²) in [6.07, 6.45) is 1.92. The lowest BCUT2D eigenvalue weighted by Crippen LogP contribution is -2.08. The second-order valence-electron chi connectivity index (χ2n) is 3.54. The van der Waals surface area contributed by atoms with Crippen LogP contribution in [0.25, 0.3) is 0 Å². The van der Waals surface area contributed by atoms with Gasteiger partial charge in [-0.1, -0.05) is 24.9 Å². The number of hydrogen-bond donors (Lipinski definition) is 1. The highest BCUT2D eigenvalue weighted by Gasteiger charge is 2.06. The highest BCUT2D eigenvalue weighted by atomic mass is 35.5. The van der Waals surface area contributed by atoms with E-state index in [0.717, 1.165) is 17.7 Å². The van der Waals surface area contributed by atoms with Gasteiger partial charge in [-0.2, -0.15) is 0 Å². The molecule has 0 bridgehead atoms. The molecule has 0 heterocycles. The van der Waals surface area contributed by atoms with Gasteiger partial charge in [-0.05, 0) is 24.6 Å². The molecule has 0 aliphatic rings. The summed E-state index contributed by atoms with van der Waals surface area (Å²) >= 11 is 7.15. The molecule has 0 aliphatic carbocycles. The van der Waals surface area contributed by atoms with E-state index in [4.69, 9.17) is 22.1 Å². The molecule has 5 heteroatoms. The monoisotopic (exact) mass is 273 g/mol. The van der Waals surface area contributed by atoms with Gasteiger partial charge in [-0.25, -0.2) is 0 Å². The molecule has 17 heavy (non-hydrogen) atoms. The van der Waals surface area contributed by atoms with Crippen molar-refractivity contribution >= 4 is 35.0 Å². The number of carbonyl (C=O) groups is 1. The minimum atomic E-state index is -0.210. The number of anilines is 1. The second kappa shape index (κ2) is 7.45. The highest BCUT2D eigenvalue weighted by Crippen LogP contribution is 2.27. The molecular weight excluding hydrogens is 258 g/mol. The van der Waals surface area contributed by atoms with Gasteiger partial charge in [0.25, 0.3) is 0 Å². The first-order valence-corrected chi connectivity index (χ1v) is 6.83. The van der Waals surface area contributed by atoms with Gasteiger partial charge in [0.05, 0.1) is 12.4 Å². The molecule has 0 aliphatic heterocycles. The zero-order valence-corrected chi connectivity index (χ0v) is 11.3. The molecule has 0 unspecified atom stereocenters. The minimum Gasteiger partial charge on any atom is -0.465 e. The van der Waals surface area contributed by atoms with Crippen LogP contribution in [0.5, 0.6) is 0 Å². The van der Waals surface area contributed by atoms with Crippen molar-refractivity contribution in [1.82, 2.24) is 0 Å². The fourth-order valence-corrected chi connectivity index (χ4v) is 2.09. The number of nitrogens with two attached hydrogens (primary N) is 1.